The van der Waals surface area contributed by atoms with Crippen molar-refractivity contribution in [2.45, 2.75) is 46.2 Å². The molecule has 100 valence electrons. The molecule has 0 fully saturated rings. The Balaban J connectivity index is 2.77. The van der Waals surface area contributed by atoms with E-state index < -0.39 is 0 Å². The van der Waals surface area contributed by atoms with Gasteiger partial charge in [-0.3, -0.25) is 0 Å². The molecule has 2 heteroatoms. The van der Waals surface area contributed by atoms with E-state index in [4.69, 9.17) is 5.73 Å². The number of hydrogen-bond acceptors (Lipinski definition) is 2. The Labute approximate surface area is 111 Å². The number of hydrogen-bond donors (Lipinski definition) is 2. The molecular weight excluding hydrogens is 220 g/mol. The summed E-state index contributed by atoms with van der Waals surface area (Å²) in [5.41, 5.74) is 9.09. The second-order valence-corrected chi connectivity index (χ2v) is 5.55. The minimum absolute atomic E-state index is 0.327. The van der Waals surface area contributed by atoms with E-state index >= 15 is 0 Å². The van der Waals surface area contributed by atoms with Crippen molar-refractivity contribution in [3.8, 4) is 0 Å². The third-order valence-corrected chi connectivity index (χ3v) is 3.14. The van der Waals surface area contributed by atoms with E-state index in [0.717, 1.165) is 12.1 Å². The highest BCUT2D eigenvalue weighted by Gasteiger charge is 2.16. The molecule has 3 N–H and O–H groups in total. The summed E-state index contributed by atoms with van der Waals surface area (Å²) in [7, 11) is 0. The van der Waals surface area contributed by atoms with Crippen molar-refractivity contribution in [3.05, 3.63) is 42.0 Å². The Kier molecular flexibility index (Phi) is 5.42. The second kappa shape index (κ2) is 6.60. The van der Waals surface area contributed by atoms with Crippen molar-refractivity contribution >= 4 is 5.69 Å². The summed E-state index contributed by atoms with van der Waals surface area (Å²) >= 11 is 0. The zero-order valence-corrected chi connectivity index (χ0v) is 12.0. The zero-order valence-electron chi connectivity index (χ0n) is 12.0. The summed E-state index contributed by atoms with van der Waals surface area (Å²) in [4.78, 5) is 0. The normalized spacial score (nSPS) is 13.0. The molecule has 0 amide bonds. The van der Waals surface area contributed by atoms with Gasteiger partial charge in [-0.25, -0.2) is 0 Å². The van der Waals surface area contributed by atoms with E-state index in [1.807, 2.05) is 12.1 Å². The van der Waals surface area contributed by atoms with Crippen LogP contribution in [0, 0.1) is 5.92 Å². The lowest BCUT2D eigenvalue weighted by Gasteiger charge is -2.26. The quantitative estimate of drug-likeness (QED) is 0.596. The molecule has 0 aliphatic heterocycles. The summed E-state index contributed by atoms with van der Waals surface area (Å²) in [6.45, 7) is 13.0. The lowest BCUT2D eigenvalue weighted by atomic mass is 9.92. The highest BCUT2D eigenvalue weighted by molar-refractivity contribution is 5.39. The fourth-order valence-electron chi connectivity index (χ4n) is 1.99. The minimum Gasteiger partial charge on any atom is -0.399 e. The molecule has 0 aliphatic rings. The fraction of sp³-hybridized carbons (Fsp3) is 0.500. The Morgan fingerprint density at radius 1 is 1.17 bits per heavy atom. The van der Waals surface area contributed by atoms with Gasteiger partial charge in [-0.15, -0.1) is 0 Å². The topological polar surface area (TPSA) is 38.0 Å². The van der Waals surface area contributed by atoms with Crippen molar-refractivity contribution in [2.75, 3.05) is 5.73 Å². The molecule has 0 saturated carbocycles. The van der Waals surface area contributed by atoms with Crippen LogP contribution >= 0.6 is 0 Å². The van der Waals surface area contributed by atoms with Crippen LogP contribution in [-0.4, -0.2) is 12.1 Å². The molecule has 0 bridgehead atoms. The number of benzene rings is 1. The van der Waals surface area contributed by atoms with Crippen molar-refractivity contribution in [2.24, 2.45) is 5.92 Å². The number of anilines is 1. The Bertz CT molecular complexity index is 377. The SMILES string of the molecule is C=C(C(C)C)C(Cc1ccc(N)cc1)NC(C)C. The molecule has 1 atom stereocenters. The molecule has 0 aromatic heterocycles. The molecule has 0 heterocycles. The largest absolute Gasteiger partial charge is 0.399 e. The van der Waals surface area contributed by atoms with Gasteiger partial charge in [0, 0.05) is 17.8 Å². The van der Waals surface area contributed by atoms with Gasteiger partial charge in [0.05, 0.1) is 0 Å². The van der Waals surface area contributed by atoms with E-state index in [1.54, 1.807) is 0 Å². The van der Waals surface area contributed by atoms with E-state index in [1.165, 1.54) is 11.1 Å². The van der Waals surface area contributed by atoms with Crippen LogP contribution < -0.4 is 11.1 Å². The fourth-order valence-corrected chi connectivity index (χ4v) is 1.99. The summed E-state index contributed by atoms with van der Waals surface area (Å²) < 4.78 is 0. The predicted octanol–water partition coefficient (Wildman–Crippen LogP) is 3.39. The molecule has 1 aromatic carbocycles. The average Bonchev–Trinajstić information content (AvgIpc) is 2.29. The molecule has 1 unspecified atom stereocenters. The van der Waals surface area contributed by atoms with Gasteiger partial charge in [0.2, 0.25) is 0 Å². The third-order valence-electron chi connectivity index (χ3n) is 3.14. The second-order valence-electron chi connectivity index (χ2n) is 5.55. The van der Waals surface area contributed by atoms with Gasteiger partial charge in [-0.2, -0.15) is 0 Å². The maximum Gasteiger partial charge on any atom is 0.0322 e. The van der Waals surface area contributed by atoms with E-state index in [0.29, 0.717) is 18.0 Å². The molecule has 0 spiro atoms. The van der Waals surface area contributed by atoms with Gasteiger partial charge in [0.25, 0.3) is 0 Å². The maximum absolute atomic E-state index is 5.71. The Hall–Kier alpha value is -1.28. The molecule has 0 aliphatic carbocycles. The zero-order chi connectivity index (χ0) is 13.7. The molecule has 1 aromatic rings. The highest BCUT2D eigenvalue weighted by atomic mass is 14.9. The van der Waals surface area contributed by atoms with Gasteiger partial charge >= 0.3 is 0 Å². The van der Waals surface area contributed by atoms with Gasteiger partial charge < -0.3 is 11.1 Å². The summed E-state index contributed by atoms with van der Waals surface area (Å²) in [5.74, 6) is 0.495. The molecule has 0 saturated heterocycles. The summed E-state index contributed by atoms with van der Waals surface area (Å²) in [6.07, 6.45) is 0.968. The van der Waals surface area contributed by atoms with Crippen LogP contribution in [0.2, 0.25) is 0 Å². The van der Waals surface area contributed by atoms with Crippen LogP contribution in [0.1, 0.15) is 33.3 Å². The van der Waals surface area contributed by atoms with Crippen LogP contribution in [0.4, 0.5) is 5.69 Å². The smallest absolute Gasteiger partial charge is 0.0322 e. The summed E-state index contributed by atoms with van der Waals surface area (Å²) in [5, 5.41) is 3.59. The molecule has 2 nitrogen and oxygen atoms in total. The van der Waals surface area contributed by atoms with Crippen LogP contribution in [0.3, 0.4) is 0 Å². The lowest BCUT2D eigenvalue weighted by Crippen LogP contribution is -2.38. The molecule has 0 radical (unpaired) electrons. The first-order valence-corrected chi connectivity index (χ1v) is 6.69. The first-order chi connectivity index (χ1) is 8.40. The monoisotopic (exact) mass is 246 g/mol. The van der Waals surface area contributed by atoms with Crippen LogP contribution in [0.25, 0.3) is 0 Å². The van der Waals surface area contributed by atoms with Crippen LogP contribution in [0.15, 0.2) is 36.4 Å². The van der Waals surface area contributed by atoms with E-state index in [9.17, 15) is 0 Å². The van der Waals surface area contributed by atoms with Gasteiger partial charge in [-0.05, 0) is 30.0 Å². The van der Waals surface area contributed by atoms with Crippen molar-refractivity contribution in [1.29, 1.82) is 0 Å². The standard InChI is InChI=1S/C16H26N2/c1-11(2)13(5)16(18-12(3)4)10-14-6-8-15(17)9-7-14/h6-9,11-12,16,18H,5,10,17H2,1-4H3. The first-order valence-electron chi connectivity index (χ1n) is 6.69. The number of rotatable bonds is 6. The van der Waals surface area contributed by atoms with E-state index in [-0.39, 0.29) is 0 Å². The van der Waals surface area contributed by atoms with Gasteiger partial charge in [0.15, 0.2) is 0 Å². The molecule has 18 heavy (non-hydrogen) atoms. The summed E-state index contributed by atoms with van der Waals surface area (Å²) in [6, 6.07) is 8.89. The molecular formula is C16H26N2. The first kappa shape index (κ1) is 14.8. The molecule has 1 rings (SSSR count). The van der Waals surface area contributed by atoms with Gasteiger partial charge in [-0.1, -0.05) is 52.0 Å². The van der Waals surface area contributed by atoms with Gasteiger partial charge in [0.1, 0.15) is 0 Å². The Morgan fingerprint density at radius 2 is 1.72 bits per heavy atom. The maximum atomic E-state index is 5.71. The highest BCUT2D eigenvalue weighted by Crippen LogP contribution is 2.17. The van der Waals surface area contributed by atoms with Crippen molar-refractivity contribution in [1.82, 2.24) is 5.32 Å². The number of nitrogen functional groups attached to an aromatic ring is 1. The Morgan fingerprint density at radius 3 is 2.17 bits per heavy atom. The number of nitrogens with one attached hydrogen (secondary N) is 1. The van der Waals surface area contributed by atoms with Crippen molar-refractivity contribution in [3.63, 3.8) is 0 Å². The minimum atomic E-state index is 0.327. The van der Waals surface area contributed by atoms with E-state index in [2.05, 4.69) is 51.7 Å². The van der Waals surface area contributed by atoms with Crippen molar-refractivity contribution < 1.29 is 0 Å². The van der Waals surface area contributed by atoms with Crippen LogP contribution in [-0.2, 0) is 6.42 Å². The van der Waals surface area contributed by atoms with Crippen LogP contribution in [0.5, 0.6) is 0 Å². The lowest BCUT2D eigenvalue weighted by molar-refractivity contribution is 0.476. The predicted molar refractivity (Wildman–Crippen MR) is 80.6 cm³/mol. The average molecular weight is 246 g/mol. The number of nitrogens with two attached hydrogens (primary N) is 1. The third kappa shape index (κ3) is 4.53.